The smallest absolute Gasteiger partial charge is 0.234 e. The van der Waals surface area contributed by atoms with Crippen molar-refractivity contribution in [2.45, 2.75) is 63.8 Å². The summed E-state index contributed by atoms with van der Waals surface area (Å²) < 4.78 is 0. The standard InChI is InChI=1S/C24H28N4O2S2/c1-4-19(29)25-15-8-7-9-16(12-15)26-20(30)13-31-23-21-17-10-5-6-11-18(17)32-24(21)28-22(27-23)14(2)3/h7-9,12,14H,4-6,10-11,13H2,1-3H3,(H,25,29)(H,26,30). The van der Waals surface area contributed by atoms with Gasteiger partial charge in [-0.1, -0.05) is 38.6 Å². The van der Waals surface area contributed by atoms with Crippen LogP contribution < -0.4 is 10.6 Å². The van der Waals surface area contributed by atoms with E-state index in [-0.39, 0.29) is 23.5 Å². The lowest BCUT2D eigenvalue weighted by Crippen LogP contribution is -2.15. The van der Waals surface area contributed by atoms with Gasteiger partial charge in [0.15, 0.2) is 0 Å². The van der Waals surface area contributed by atoms with Crippen LogP contribution in [0.25, 0.3) is 10.2 Å². The Balaban J connectivity index is 1.51. The molecule has 0 atom stereocenters. The SMILES string of the molecule is CCC(=O)Nc1cccc(NC(=O)CSc2nc(C(C)C)nc3sc4c(c23)CCCC4)c1. The summed E-state index contributed by atoms with van der Waals surface area (Å²) in [6.07, 6.45) is 5.01. The lowest BCUT2D eigenvalue weighted by Gasteiger charge is -2.13. The van der Waals surface area contributed by atoms with Gasteiger partial charge in [0.2, 0.25) is 11.8 Å². The third kappa shape index (κ3) is 5.13. The molecule has 0 bridgehead atoms. The highest BCUT2D eigenvalue weighted by atomic mass is 32.2. The summed E-state index contributed by atoms with van der Waals surface area (Å²) in [6, 6.07) is 7.21. The normalized spacial score (nSPS) is 13.2. The van der Waals surface area contributed by atoms with E-state index in [9.17, 15) is 9.59 Å². The van der Waals surface area contributed by atoms with E-state index in [1.165, 1.54) is 35.0 Å². The molecule has 0 saturated carbocycles. The van der Waals surface area contributed by atoms with Gasteiger partial charge in [-0.05, 0) is 49.4 Å². The largest absolute Gasteiger partial charge is 0.326 e. The van der Waals surface area contributed by atoms with Gasteiger partial charge < -0.3 is 10.6 Å². The summed E-state index contributed by atoms with van der Waals surface area (Å²) >= 11 is 3.27. The van der Waals surface area contributed by atoms with Crippen molar-refractivity contribution >= 4 is 56.5 Å². The number of aryl methyl sites for hydroxylation is 2. The van der Waals surface area contributed by atoms with Gasteiger partial charge in [-0.2, -0.15) is 0 Å². The summed E-state index contributed by atoms with van der Waals surface area (Å²) in [5, 5.41) is 7.81. The van der Waals surface area contributed by atoms with E-state index in [4.69, 9.17) is 9.97 Å². The fraction of sp³-hybridized carbons (Fsp3) is 0.417. The number of aromatic nitrogens is 2. The number of anilines is 2. The molecule has 0 saturated heterocycles. The minimum Gasteiger partial charge on any atom is -0.326 e. The molecule has 8 heteroatoms. The van der Waals surface area contributed by atoms with E-state index in [0.717, 1.165) is 33.9 Å². The molecule has 2 amide bonds. The van der Waals surface area contributed by atoms with Crippen LogP contribution in [-0.4, -0.2) is 27.5 Å². The molecule has 0 spiro atoms. The highest BCUT2D eigenvalue weighted by molar-refractivity contribution is 8.00. The Kier molecular flexibility index (Phi) is 7.10. The number of hydrogen-bond acceptors (Lipinski definition) is 6. The molecule has 2 aromatic heterocycles. The van der Waals surface area contributed by atoms with Crippen LogP contribution >= 0.6 is 23.1 Å². The number of carbonyl (C=O) groups is 2. The number of hydrogen-bond donors (Lipinski definition) is 2. The summed E-state index contributed by atoms with van der Waals surface area (Å²) in [4.78, 5) is 36.5. The fourth-order valence-electron chi connectivity index (χ4n) is 3.76. The Morgan fingerprint density at radius 3 is 2.53 bits per heavy atom. The number of nitrogens with one attached hydrogen (secondary N) is 2. The number of amides is 2. The first-order valence-corrected chi connectivity index (χ1v) is 12.9. The van der Waals surface area contributed by atoms with Crippen molar-refractivity contribution in [3.63, 3.8) is 0 Å². The van der Waals surface area contributed by atoms with Crippen molar-refractivity contribution in [2.24, 2.45) is 0 Å². The van der Waals surface area contributed by atoms with Crippen LogP contribution in [0.2, 0.25) is 0 Å². The number of benzene rings is 1. The predicted octanol–water partition coefficient (Wildman–Crippen LogP) is 5.77. The number of thioether (sulfide) groups is 1. The van der Waals surface area contributed by atoms with Gasteiger partial charge in [0, 0.05) is 34.0 Å². The Morgan fingerprint density at radius 1 is 1.09 bits per heavy atom. The van der Waals surface area contributed by atoms with Crippen LogP contribution in [0.4, 0.5) is 11.4 Å². The van der Waals surface area contributed by atoms with E-state index >= 15 is 0 Å². The van der Waals surface area contributed by atoms with Gasteiger partial charge in [0.25, 0.3) is 0 Å². The number of carbonyl (C=O) groups excluding carboxylic acids is 2. The number of fused-ring (bicyclic) bond motifs is 3. The van der Waals surface area contributed by atoms with Crippen LogP contribution in [0.15, 0.2) is 29.3 Å². The average Bonchev–Trinajstić information content (AvgIpc) is 3.16. The molecule has 0 fully saturated rings. The topological polar surface area (TPSA) is 84.0 Å². The van der Waals surface area contributed by atoms with Crippen LogP contribution in [0, 0.1) is 0 Å². The minimum absolute atomic E-state index is 0.0585. The van der Waals surface area contributed by atoms with Crippen molar-refractivity contribution in [3.05, 3.63) is 40.5 Å². The highest BCUT2D eigenvalue weighted by Crippen LogP contribution is 2.40. The van der Waals surface area contributed by atoms with Gasteiger partial charge >= 0.3 is 0 Å². The molecule has 0 unspecified atom stereocenters. The zero-order valence-electron chi connectivity index (χ0n) is 18.7. The fourth-order valence-corrected chi connectivity index (χ4v) is 5.95. The maximum absolute atomic E-state index is 12.7. The zero-order valence-corrected chi connectivity index (χ0v) is 20.3. The van der Waals surface area contributed by atoms with Crippen molar-refractivity contribution < 1.29 is 9.59 Å². The van der Waals surface area contributed by atoms with Crippen LogP contribution in [0.3, 0.4) is 0 Å². The Bertz CT molecular complexity index is 1160. The van der Waals surface area contributed by atoms with E-state index in [1.54, 1.807) is 24.3 Å². The number of nitrogens with zero attached hydrogens (tertiary/aromatic N) is 2. The van der Waals surface area contributed by atoms with Crippen LogP contribution in [-0.2, 0) is 22.4 Å². The molecule has 2 heterocycles. The quantitative estimate of drug-likeness (QED) is 0.340. The first-order valence-electron chi connectivity index (χ1n) is 11.1. The number of thiophene rings is 1. The third-order valence-corrected chi connectivity index (χ3v) is 7.57. The lowest BCUT2D eigenvalue weighted by atomic mass is 9.97. The second kappa shape index (κ2) is 10.0. The predicted molar refractivity (Wildman–Crippen MR) is 133 cm³/mol. The first kappa shape index (κ1) is 22.7. The molecule has 6 nitrogen and oxygen atoms in total. The van der Waals surface area contributed by atoms with Crippen molar-refractivity contribution in [3.8, 4) is 0 Å². The van der Waals surface area contributed by atoms with Crippen molar-refractivity contribution in [2.75, 3.05) is 16.4 Å². The molecule has 3 aromatic rings. The Labute approximate surface area is 196 Å². The van der Waals surface area contributed by atoms with Crippen LogP contribution in [0.5, 0.6) is 0 Å². The lowest BCUT2D eigenvalue weighted by molar-refractivity contribution is -0.116. The van der Waals surface area contributed by atoms with Gasteiger partial charge in [-0.15, -0.1) is 11.3 Å². The molecular weight excluding hydrogens is 440 g/mol. The monoisotopic (exact) mass is 468 g/mol. The summed E-state index contributed by atoms with van der Waals surface area (Å²) in [5.74, 6) is 1.17. The van der Waals surface area contributed by atoms with Gasteiger partial charge in [-0.25, -0.2) is 9.97 Å². The molecule has 4 rings (SSSR count). The summed E-state index contributed by atoms with van der Waals surface area (Å²) in [6.45, 7) is 6.00. The van der Waals surface area contributed by atoms with Gasteiger partial charge in [-0.3, -0.25) is 9.59 Å². The van der Waals surface area contributed by atoms with Crippen molar-refractivity contribution in [1.82, 2.24) is 9.97 Å². The Morgan fingerprint density at radius 2 is 1.81 bits per heavy atom. The molecule has 1 aromatic carbocycles. The van der Waals surface area contributed by atoms with E-state index in [1.807, 2.05) is 18.2 Å². The molecular formula is C24H28N4O2S2. The zero-order chi connectivity index (χ0) is 22.7. The third-order valence-electron chi connectivity index (χ3n) is 5.41. The minimum atomic E-state index is -0.101. The Hall–Kier alpha value is -2.45. The highest BCUT2D eigenvalue weighted by Gasteiger charge is 2.22. The van der Waals surface area contributed by atoms with E-state index in [2.05, 4.69) is 24.5 Å². The molecule has 1 aliphatic rings. The molecule has 32 heavy (non-hydrogen) atoms. The van der Waals surface area contributed by atoms with E-state index < -0.39 is 0 Å². The van der Waals surface area contributed by atoms with E-state index in [0.29, 0.717) is 17.8 Å². The second-order valence-corrected chi connectivity index (χ2v) is 10.3. The molecule has 0 radical (unpaired) electrons. The molecule has 0 aliphatic heterocycles. The molecule has 2 N–H and O–H groups in total. The first-order chi connectivity index (χ1) is 15.4. The maximum atomic E-state index is 12.7. The average molecular weight is 469 g/mol. The molecule has 168 valence electrons. The number of rotatable bonds is 7. The van der Waals surface area contributed by atoms with Crippen LogP contribution in [0.1, 0.15) is 62.2 Å². The van der Waals surface area contributed by atoms with Gasteiger partial charge in [0.05, 0.1) is 5.75 Å². The summed E-state index contributed by atoms with van der Waals surface area (Å²) in [5.41, 5.74) is 2.72. The summed E-state index contributed by atoms with van der Waals surface area (Å²) in [7, 11) is 0. The van der Waals surface area contributed by atoms with Gasteiger partial charge in [0.1, 0.15) is 15.7 Å². The molecule has 1 aliphatic carbocycles. The second-order valence-electron chi connectivity index (χ2n) is 8.25. The van der Waals surface area contributed by atoms with Crippen molar-refractivity contribution in [1.29, 1.82) is 0 Å². The maximum Gasteiger partial charge on any atom is 0.234 e.